The maximum absolute atomic E-state index is 12.8. The predicted molar refractivity (Wildman–Crippen MR) is 129 cm³/mol. The topological polar surface area (TPSA) is 55.8 Å². The molecule has 1 atom stereocenters. The van der Waals surface area contributed by atoms with Crippen LogP contribution < -0.4 is 14.4 Å². The van der Waals surface area contributed by atoms with Crippen LogP contribution in [-0.4, -0.2) is 25.0 Å². The summed E-state index contributed by atoms with van der Waals surface area (Å²) < 4.78 is 11.3. The van der Waals surface area contributed by atoms with Gasteiger partial charge in [-0.15, -0.1) is 0 Å². The lowest BCUT2D eigenvalue weighted by Gasteiger charge is -2.26. The van der Waals surface area contributed by atoms with E-state index in [-0.39, 0.29) is 24.3 Å². The van der Waals surface area contributed by atoms with Crippen molar-refractivity contribution in [2.45, 2.75) is 32.6 Å². The van der Waals surface area contributed by atoms with Crippen LogP contribution in [-0.2, 0) is 15.0 Å². The lowest BCUT2D eigenvalue weighted by molar-refractivity contribution is -0.139. The van der Waals surface area contributed by atoms with Crippen molar-refractivity contribution in [1.29, 1.82) is 0 Å². The molecule has 0 aromatic heterocycles. The number of hydrogen-bond donors (Lipinski definition) is 0. The molecule has 0 saturated carbocycles. The van der Waals surface area contributed by atoms with Crippen molar-refractivity contribution >= 4 is 17.6 Å². The van der Waals surface area contributed by atoms with Crippen LogP contribution in [0.1, 0.15) is 38.3 Å². The number of hydrogen-bond acceptors (Lipinski definition) is 4. The van der Waals surface area contributed by atoms with E-state index in [1.54, 1.807) is 4.90 Å². The Balaban J connectivity index is 1.43. The van der Waals surface area contributed by atoms with Gasteiger partial charge in [0.15, 0.2) is 0 Å². The molecule has 0 unspecified atom stereocenters. The van der Waals surface area contributed by atoms with Gasteiger partial charge in [-0.05, 0) is 42.3 Å². The molecule has 170 valence electrons. The van der Waals surface area contributed by atoms with Gasteiger partial charge >= 0.3 is 5.97 Å². The van der Waals surface area contributed by atoms with Crippen LogP contribution in [0.4, 0.5) is 5.69 Å². The highest BCUT2D eigenvalue weighted by molar-refractivity contribution is 6.00. The second kappa shape index (κ2) is 9.49. The summed E-state index contributed by atoms with van der Waals surface area (Å²) in [5.41, 5.74) is 2.86. The Morgan fingerprint density at radius 2 is 1.58 bits per heavy atom. The van der Waals surface area contributed by atoms with Gasteiger partial charge in [-0.1, -0.05) is 68.4 Å². The van der Waals surface area contributed by atoms with E-state index in [4.69, 9.17) is 9.47 Å². The van der Waals surface area contributed by atoms with Gasteiger partial charge < -0.3 is 14.4 Å². The zero-order chi connectivity index (χ0) is 23.4. The highest BCUT2D eigenvalue weighted by Gasteiger charge is 2.37. The molecule has 1 aliphatic rings. The molecule has 1 aliphatic heterocycles. The van der Waals surface area contributed by atoms with Gasteiger partial charge in [-0.2, -0.15) is 0 Å². The second-order valence-electron chi connectivity index (χ2n) is 8.74. The molecule has 0 N–H and O–H groups in total. The number of esters is 1. The average molecular weight is 444 g/mol. The van der Waals surface area contributed by atoms with Crippen molar-refractivity contribution in [3.63, 3.8) is 0 Å². The van der Waals surface area contributed by atoms with E-state index in [1.165, 1.54) is 5.56 Å². The van der Waals surface area contributed by atoms with Gasteiger partial charge in [-0.3, -0.25) is 9.59 Å². The molecule has 5 nitrogen and oxygen atoms in total. The largest absolute Gasteiger partial charge is 0.492 e. The normalized spacial score (nSPS) is 16.0. The molecule has 1 fully saturated rings. The molecule has 1 saturated heterocycles. The minimum absolute atomic E-state index is 0.107. The van der Waals surface area contributed by atoms with E-state index in [9.17, 15) is 9.59 Å². The van der Waals surface area contributed by atoms with Crippen LogP contribution in [0.5, 0.6) is 11.5 Å². The Morgan fingerprint density at radius 3 is 2.27 bits per heavy atom. The molecule has 1 amide bonds. The van der Waals surface area contributed by atoms with Crippen molar-refractivity contribution in [1.82, 2.24) is 0 Å². The maximum Gasteiger partial charge on any atom is 0.316 e. The average Bonchev–Trinajstić information content (AvgIpc) is 3.22. The Labute approximate surface area is 194 Å². The molecule has 3 aromatic carbocycles. The SMILES string of the molecule is CCOc1ccccc1N1C[C@@H](C(=O)Oc2ccc(C(C)(C)c3ccccc3)cc2)CC1=O. The van der Waals surface area contributed by atoms with Gasteiger partial charge in [0.25, 0.3) is 0 Å². The highest BCUT2D eigenvalue weighted by Crippen LogP contribution is 2.34. The number of carbonyl (C=O) groups excluding carboxylic acids is 2. The first-order chi connectivity index (χ1) is 15.9. The molecule has 0 aliphatic carbocycles. The number of carbonyl (C=O) groups is 2. The van der Waals surface area contributed by atoms with Gasteiger partial charge in [-0.25, -0.2) is 0 Å². The standard InChI is InChI=1S/C28H29NO4/c1-4-32-25-13-9-8-12-24(25)29-19-20(18-26(29)30)27(31)33-23-16-14-22(15-17-23)28(2,3)21-10-6-5-7-11-21/h5-17,20H,4,18-19H2,1-3H3/t20-/m0/s1. The third kappa shape index (κ3) is 4.77. The smallest absolute Gasteiger partial charge is 0.316 e. The van der Waals surface area contributed by atoms with Crippen LogP contribution in [0.25, 0.3) is 0 Å². The first-order valence-electron chi connectivity index (χ1n) is 11.3. The summed E-state index contributed by atoms with van der Waals surface area (Å²) in [6.07, 6.45) is 0.123. The summed E-state index contributed by atoms with van der Waals surface area (Å²) in [5, 5.41) is 0. The van der Waals surface area contributed by atoms with Gasteiger partial charge in [0.1, 0.15) is 11.5 Å². The quantitative estimate of drug-likeness (QED) is 0.364. The fraction of sp³-hybridized carbons (Fsp3) is 0.286. The van der Waals surface area contributed by atoms with E-state index < -0.39 is 11.9 Å². The molecular weight excluding hydrogens is 414 g/mol. The van der Waals surface area contributed by atoms with Gasteiger partial charge in [0.2, 0.25) is 5.91 Å². The number of rotatable bonds is 7. The zero-order valence-corrected chi connectivity index (χ0v) is 19.3. The first-order valence-corrected chi connectivity index (χ1v) is 11.3. The first kappa shape index (κ1) is 22.6. The van der Waals surface area contributed by atoms with E-state index in [0.717, 1.165) is 5.56 Å². The number of benzene rings is 3. The highest BCUT2D eigenvalue weighted by atomic mass is 16.5. The van der Waals surface area contributed by atoms with E-state index >= 15 is 0 Å². The number of anilines is 1. The Bertz CT molecular complexity index is 1120. The summed E-state index contributed by atoms with van der Waals surface area (Å²) >= 11 is 0. The van der Waals surface area contributed by atoms with E-state index in [2.05, 4.69) is 26.0 Å². The second-order valence-corrected chi connectivity index (χ2v) is 8.74. The van der Waals surface area contributed by atoms with Crippen LogP contribution in [0.15, 0.2) is 78.9 Å². The lowest BCUT2D eigenvalue weighted by Crippen LogP contribution is -2.27. The number of ether oxygens (including phenoxy) is 2. The summed E-state index contributed by atoms with van der Waals surface area (Å²) in [6.45, 7) is 7.02. The van der Waals surface area contributed by atoms with E-state index in [1.807, 2.05) is 73.7 Å². The number of nitrogens with zero attached hydrogens (tertiary/aromatic N) is 1. The Hall–Kier alpha value is -3.60. The maximum atomic E-state index is 12.8. The third-order valence-corrected chi connectivity index (χ3v) is 6.20. The van der Waals surface area contributed by atoms with Crippen molar-refractivity contribution in [2.75, 3.05) is 18.1 Å². The minimum Gasteiger partial charge on any atom is -0.492 e. The molecular formula is C28H29NO4. The fourth-order valence-corrected chi connectivity index (χ4v) is 4.22. The third-order valence-electron chi connectivity index (χ3n) is 6.20. The Morgan fingerprint density at radius 1 is 0.939 bits per heavy atom. The monoisotopic (exact) mass is 443 g/mol. The van der Waals surface area contributed by atoms with Gasteiger partial charge in [0, 0.05) is 18.4 Å². The minimum atomic E-state index is -0.521. The summed E-state index contributed by atoms with van der Waals surface area (Å²) in [7, 11) is 0. The summed E-state index contributed by atoms with van der Waals surface area (Å²) in [6, 6.07) is 25.3. The van der Waals surface area contributed by atoms with Crippen LogP contribution in [0.2, 0.25) is 0 Å². The molecule has 5 heteroatoms. The Kier molecular flexibility index (Phi) is 6.50. The zero-order valence-electron chi connectivity index (χ0n) is 19.3. The van der Waals surface area contributed by atoms with Gasteiger partial charge in [0.05, 0.1) is 18.2 Å². The molecule has 0 radical (unpaired) electrons. The molecule has 0 bridgehead atoms. The van der Waals surface area contributed by atoms with Crippen LogP contribution in [0, 0.1) is 5.92 Å². The van der Waals surface area contributed by atoms with Crippen molar-refractivity contribution in [2.24, 2.45) is 5.92 Å². The number of amides is 1. The molecule has 1 heterocycles. The number of para-hydroxylation sites is 2. The van der Waals surface area contributed by atoms with E-state index in [0.29, 0.717) is 23.8 Å². The molecule has 4 rings (SSSR count). The van der Waals surface area contributed by atoms with Crippen LogP contribution in [0.3, 0.4) is 0 Å². The lowest BCUT2D eigenvalue weighted by atomic mass is 9.78. The fourth-order valence-electron chi connectivity index (χ4n) is 4.22. The molecule has 33 heavy (non-hydrogen) atoms. The van der Waals surface area contributed by atoms with Crippen molar-refractivity contribution in [3.05, 3.63) is 90.0 Å². The van der Waals surface area contributed by atoms with Crippen molar-refractivity contribution in [3.8, 4) is 11.5 Å². The van der Waals surface area contributed by atoms with Crippen LogP contribution >= 0.6 is 0 Å². The summed E-state index contributed by atoms with van der Waals surface area (Å²) in [4.78, 5) is 27.1. The predicted octanol–water partition coefficient (Wildman–Crippen LogP) is 5.37. The summed E-state index contributed by atoms with van der Waals surface area (Å²) in [5.74, 6) is 0.0960. The molecule has 0 spiro atoms. The molecule has 3 aromatic rings. The van der Waals surface area contributed by atoms with Crippen molar-refractivity contribution < 1.29 is 19.1 Å².